The molecule has 31 heavy (non-hydrogen) atoms. The molecule has 0 saturated heterocycles. The molecular formula is C24H30Cl2N2O3. The minimum atomic E-state index is -0.591. The second-order valence-electron chi connectivity index (χ2n) is 7.52. The van der Waals surface area contributed by atoms with Gasteiger partial charge in [0.05, 0.1) is 0 Å². The first-order valence-corrected chi connectivity index (χ1v) is 11.2. The van der Waals surface area contributed by atoms with E-state index in [2.05, 4.69) is 5.32 Å². The van der Waals surface area contributed by atoms with Gasteiger partial charge in [0.15, 0.2) is 6.61 Å². The van der Waals surface area contributed by atoms with Gasteiger partial charge in [0.2, 0.25) is 5.91 Å². The molecule has 0 aromatic heterocycles. The summed E-state index contributed by atoms with van der Waals surface area (Å²) in [6.45, 7) is 8.34. The van der Waals surface area contributed by atoms with Crippen LogP contribution in [0.5, 0.6) is 5.75 Å². The second-order valence-corrected chi connectivity index (χ2v) is 8.34. The first-order valence-electron chi connectivity index (χ1n) is 10.5. The van der Waals surface area contributed by atoms with Gasteiger partial charge in [-0.15, -0.1) is 0 Å². The van der Waals surface area contributed by atoms with E-state index in [0.717, 1.165) is 23.1 Å². The molecular weight excluding hydrogens is 435 g/mol. The van der Waals surface area contributed by atoms with E-state index in [1.807, 2.05) is 39.8 Å². The van der Waals surface area contributed by atoms with E-state index in [-0.39, 0.29) is 25.0 Å². The van der Waals surface area contributed by atoms with Gasteiger partial charge in [-0.05, 0) is 67.6 Å². The average Bonchev–Trinajstić information content (AvgIpc) is 2.75. The van der Waals surface area contributed by atoms with Gasteiger partial charge in [0.25, 0.3) is 5.91 Å². The van der Waals surface area contributed by atoms with Crippen LogP contribution >= 0.6 is 23.2 Å². The second kappa shape index (κ2) is 12.0. The van der Waals surface area contributed by atoms with Gasteiger partial charge in [-0.3, -0.25) is 9.59 Å². The minimum Gasteiger partial charge on any atom is -0.484 e. The average molecular weight is 465 g/mol. The van der Waals surface area contributed by atoms with E-state index in [9.17, 15) is 9.59 Å². The topological polar surface area (TPSA) is 58.6 Å². The molecule has 0 aliphatic heterocycles. The molecule has 168 valence electrons. The van der Waals surface area contributed by atoms with Crippen molar-refractivity contribution in [1.82, 2.24) is 10.2 Å². The fourth-order valence-electron chi connectivity index (χ4n) is 3.29. The van der Waals surface area contributed by atoms with Crippen molar-refractivity contribution in [2.24, 2.45) is 0 Å². The lowest BCUT2D eigenvalue weighted by Crippen LogP contribution is -2.50. The highest BCUT2D eigenvalue weighted by molar-refractivity contribution is 6.32. The quantitative estimate of drug-likeness (QED) is 0.517. The molecule has 0 radical (unpaired) electrons. The standard InChI is InChI=1S/C24H30Cl2N2O3/c1-5-11-27-24(30)21(6-2)28(14-18-7-9-19(25)10-8-18)22(29)15-31-20-12-16(3)23(26)17(4)13-20/h7-10,12-13,21H,5-6,11,14-15H2,1-4H3,(H,27,30)/t21-/m0/s1. The molecule has 0 aliphatic rings. The Morgan fingerprint density at radius 2 is 1.68 bits per heavy atom. The summed E-state index contributed by atoms with van der Waals surface area (Å²) in [6.07, 6.45) is 1.32. The zero-order chi connectivity index (χ0) is 23.0. The maximum Gasteiger partial charge on any atom is 0.261 e. The molecule has 5 nitrogen and oxygen atoms in total. The van der Waals surface area contributed by atoms with E-state index in [0.29, 0.717) is 28.8 Å². The Labute approximate surface area is 194 Å². The van der Waals surface area contributed by atoms with Crippen LogP contribution in [0.15, 0.2) is 36.4 Å². The minimum absolute atomic E-state index is 0.162. The van der Waals surface area contributed by atoms with Gasteiger partial charge < -0.3 is 15.0 Å². The molecule has 0 spiro atoms. The first kappa shape index (κ1) is 25.0. The van der Waals surface area contributed by atoms with Crippen LogP contribution in [0.4, 0.5) is 0 Å². The number of aryl methyl sites for hydroxylation is 2. The number of nitrogens with one attached hydrogen (secondary N) is 1. The van der Waals surface area contributed by atoms with E-state index in [1.165, 1.54) is 0 Å². The number of rotatable bonds is 10. The Hall–Kier alpha value is -2.24. The highest BCUT2D eigenvalue weighted by atomic mass is 35.5. The summed E-state index contributed by atoms with van der Waals surface area (Å²) in [5, 5.41) is 4.20. The molecule has 0 fully saturated rings. The van der Waals surface area contributed by atoms with Crippen LogP contribution in [-0.2, 0) is 16.1 Å². The summed E-state index contributed by atoms with van der Waals surface area (Å²) in [5.74, 6) is 0.145. The zero-order valence-corrected chi connectivity index (χ0v) is 20.0. The van der Waals surface area contributed by atoms with Crippen molar-refractivity contribution in [3.05, 3.63) is 63.1 Å². The molecule has 2 rings (SSSR count). The predicted octanol–water partition coefficient (Wildman–Crippen LogP) is 5.32. The number of nitrogens with zero attached hydrogens (tertiary/aromatic N) is 1. The summed E-state index contributed by atoms with van der Waals surface area (Å²) >= 11 is 12.2. The van der Waals surface area contributed by atoms with Crippen molar-refractivity contribution in [2.75, 3.05) is 13.2 Å². The Bertz CT molecular complexity index is 877. The van der Waals surface area contributed by atoms with Gasteiger partial charge in [-0.2, -0.15) is 0 Å². The van der Waals surface area contributed by atoms with Crippen molar-refractivity contribution in [3.8, 4) is 5.75 Å². The van der Waals surface area contributed by atoms with E-state index in [4.69, 9.17) is 27.9 Å². The number of amides is 2. The SMILES string of the molecule is CCCNC(=O)[C@H](CC)N(Cc1ccc(Cl)cc1)C(=O)COc1cc(C)c(Cl)c(C)c1. The van der Waals surface area contributed by atoms with Gasteiger partial charge >= 0.3 is 0 Å². The lowest BCUT2D eigenvalue weighted by atomic mass is 10.1. The highest BCUT2D eigenvalue weighted by Gasteiger charge is 2.28. The third-order valence-corrected chi connectivity index (χ3v) is 5.82. The van der Waals surface area contributed by atoms with Crippen molar-refractivity contribution in [1.29, 1.82) is 0 Å². The normalized spacial score (nSPS) is 11.7. The molecule has 0 aliphatic carbocycles. The number of benzene rings is 2. The van der Waals surface area contributed by atoms with Gasteiger partial charge in [0, 0.05) is 23.1 Å². The Morgan fingerprint density at radius 3 is 2.23 bits per heavy atom. The zero-order valence-electron chi connectivity index (χ0n) is 18.5. The first-order chi connectivity index (χ1) is 14.8. The van der Waals surface area contributed by atoms with Crippen LogP contribution in [-0.4, -0.2) is 35.9 Å². The Morgan fingerprint density at radius 1 is 1.06 bits per heavy atom. The lowest BCUT2D eigenvalue weighted by Gasteiger charge is -2.30. The summed E-state index contributed by atoms with van der Waals surface area (Å²) in [7, 11) is 0. The van der Waals surface area contributed by atoms with E-state index in [1.54, 1.807) is 29.2 Å². The Kier molecular flexibility index (Phi) is 9.66. The van der Waals surface area contributed by atoms with E-state index >= 15 is 0 Å². The van der Waals surface area contributed by atoms with Gasteiger partial charge in [-0.1, -0.05) is 49.2 Å². The number of hydrogen-bond acceptors (Lipinski definition) is 3. The summed E-state index contributed by atoms with van der Waals surface area (Å²) in [5.41, 5.74) is 2.65. The lowest BCUT2D eigenvalue weighted by molar-refractivity contribution is -0.143. The van der Waals surface area contributed by atoms with Crippen LogP contribution in [0.2, 0.25) is 10.0 Å². The highest BCUT2D eigenvalue weighted by Crippen LogP contribution is 2.26. The van der Waals surface area contributed by atoms with Crippen LogP contribution in [0.3, 0.4) is 0 Å². The number of ether oxygens (including phenoxy) is 1. The number of carbonyl (C=O) groups excluding carboxylic acids is 2. The van der Waals surface area contributed by atoms with Crippen LogP contribution in [0, 0.1) is 13.8 Å². The number of hydrogen-bond donors (Lipinski definition) is 1. The summed E-state index contributed by atoms with van der Waals surface area (Å²) < 4.78 is 5.78. The molecule has 0 saturated carbocycles. The van der Waals surface area contributed by atoms with Gasteiger partial charge in [0.1, 0.15) is 11.8 Å². The van der Waals surface area contributed by atoms with Crippen LogP contribution in [0.25, 0.3) is 0 Å². The maximum absolute atomic E-state index is 13.2. The van der Waals surface area contributed by atoms with Crippen molar-refractivity contribution in [2.45, 2.75) is 53.1 Å². The monoisotopic (exact) mass is 464 g/mol. The molecule has 0 unspecified atom stereocenters. The summed E-state index contributed by atoms with van der Waals surface area (Å²) in [4.78, 5) is 27.5. The van der Waals surface area contributed by atoms with Gasteiger partial charge in [-0.25, -0.2) is 0 Å². The maximum atomic E-state index is 13.2. The molecule has 0 heterocycles. The van der Waals surface area contributed by atoms with E-state index < -0.39 is 6.04 Å². The Balaban J connectivity index is 2.21. The predicted molar refractivity (Wildman–Crippen MR) is 126 cm³/mol. The van der Waals surface area contributed by atoms with Crippen molar-refractivity contribution in [3.63, 3.8) is 0 Å². The molecule has 2 aromatic carbocycles. The fraction of sp³-hybridized carbons (Fsp3) is 0.417. The molecule has 0 bridgehead atoms. The number of carbonyl (C=O) groups is 2. The third-order valence-electron chi connectivity index (χ3n) is 4.97. The molecule has 2 aromatic rings. The fourth-order valence-corrected chi connectivity index (χ4v) is 3.52. The summed E-state index contributed by atoms with van der Waals surface area (Å²) in [6, 6.07) is 10.3. The molecule has 1 atom stereocenters. The molecule has 1 N–H and O–H groups in total. The van der Waals surface area contributed by atoms with Crippen LogP contribution in [0.1, 0.15) is 43.4 Å². The largest absolute Gasteiger partial charge is 0.484 e. The van der Waals surface area contributed by atoms with Crippen molar-refractivity contribution < 1.29 is 14.3 Å². The third kappa shape index (κ3) is 7.15. The molecule has 7 heteroatoms. The van der Waals surface area contributed by atoms with Crippen molar-refractivity contribution >= 4 is 35.0 Å². The molecule has 2 amide bonds. The number of halogens is 2. The van der Waals surface area contributed by atoms with Crippen LogP contribution < -0.4 is 10.1 Å². The smallest absolute Gasteiger partial charge is 0.261 e.